The summed E-state index contributed by atoms with van der Waals surface area (Å²) >= 11 is 0. The van der Waals surface area contributed by atoms with Gasteiger partial charge in [-0.05, 0) is 25.7 Å². The SMILES string of the molecule is C=CCN1CCOC2CCN(S(=O)(=O)C3CC3)CCC21. The molecular weight excluding hydrogens is 276 g/mol. The van der Waals surface area contributed by atoms with Crippen LogP contribution in [-0.2, 0) is 14.8 Å². The third-order valence-electron chi connectivity index (χ3n) is 4.62. The summed E-state index contributed by atoms with van der Waals surface area (Å²) in [6, 6.07) is 0.334. The Morgan fingerprint density at radius 2 is 1.90 bits per heavy atom. The highest BCUT2D eigenvalue weighted by molar-refractivity contribution is 7.90. The number of nitrogens with zero attached hydrogens (tertiary/aromatic N) is 2. The minimum absolute atomic E-state index is 0.104. The van der Waals surface area contributed by atoms with E-state index in [4.69, 9.17) is 4.74 Å². The first-order valence-corrected chi connectivity index (χ1v) is 9.09. The topological polar surface area (TPSA) is 49.9 Å². The van der Waals surface area contributed by atoms with Crippen molar-refractivity contribution < 1.29 is 13.2 Å². The smallest absolute Gasteiger partial charge is 0.216 e. The Bertz CT molecular complexity index is 461. The van der Waals surface area contributed by atoms with Crippen molar-refractivity contribution in [1.82, 2.24) is 9.21 Å². The van der Waals surface area contributed by atoms with Crippen molar-refractivity contribution in [3.8, 4) is 0 Å². The van der Waals surface area contributed by atoms with E-state index < -0.39 is 10.0 Å². The first-order chi connectivity index (χ1) is 9.63. The Hall–Kier alpha value is -0.430. The summed E-state index contributed by atoms with van der Waals surface area (Å²) in [7, 11) is -3.05. The van der Waals surface area contributed by atoms with Gasteiger partial charge in [-0.2, -0.15) is 0 Å². The molecule has 3 rings (SSSR count). The molecule has 0 radical (unpaired) electrons. The molecular formula is C14H24N2O3S. The number of ether oxygens (including phenoxy) is 1. The predicted octanol–water partition coefficient (Wildman–Crippen LogP) is 0.830. The summed E-state index contributed by atoms with van der Waals surface area (Å²) in [5.41, 5.74) is 0. The zero-order chi connectivity index (χ0) is 14.2. The van der Waals surface area contributed by atoms with Crippen LogP contribution in [0, 0.1) is 0 Å². The van der Waals surface area contributed by atoms with Gasteiger partial charge in [-0.3, -0.25) is 4.90 Å². The van der Waals surface area contributed by atoms with Crippen LogP contribution >= 0.6 is 0 Å². The molecule has 5 nitrogen and oxygen atoms in total. The molecule has 0 N–H and O–H groups in total. The van der Waals surface area contributed by atoms with E-state index in [9.17, 15) is 8.42 Å². The van der Waals surface area contributed by atoms with Crippen molar-refractivity contribution in [1.29, 1.82) is 0 Å². The van der Waals surface area contributed by atoms with E-state index in [0.717, 1.165) is 45.4 Å². The third-order valence-corrected chi connectivity index (χ3v) is 7.01. The second-order valence-electron chi connectivity index (χ2n) is 5.98. The maximum absolute atomic E-state index is 12.4. The fourth-order valence-corrected chi connectivity index (χ4v) is 5.23. The van der Waals surface area contributed by atoms with Crippen LogP contribution in [0.15, 0.2) is 12.7 Å². The van der Waals surface area contributed by atoms with Crippen molar-refractivity contribution in [3.63, 3.8) is 0 Å². The Labute approximate surface area is 121 Å². The van der Waals surface area contributed by atoms with E-state index in [0.29, 0.717) is 19.1 Å². The maximum atomic E-state index is 12.4. The lowest BCUT2D eigenvalue weighted by Gasteiger charge is -2.39. The van der Waals surface area contributed by atoms with Crippen LogP contribution in [0.3, 0.4) is 0 Å². The number of sulfonamides is 1. The van der Waals surface area contributed by atoms with Gasteiger partial charge in [-0.15, -0.1) is 6.58 Å². The lowest BCUT2D eigenvalue weighted by molar-refractivity contribution is -0.0672. The highest BCUT2D eigenvalue weighted by atomic mass is 32.2. The highest BCUT2D eigenvalue weighted by Crippen LogP contribution is 2.33. The van der Waals surface area contributed by atoms with E-state index in [-0.39, 0.29) is 11.4 Å². The molecule has 2 aliphatic heterocycles. The van der Waals surface area contributed by atoms with Crippen LogP contribution in [0.2, 0.25) is 0 Å². The Morgan fingerprint density at radius 3 is 2.60 bits per heavy atom. The van der Waals surface area contributed by atoms with Crippen LogP contribution < -0.4 is 0 Å². The molecule has 20 heavy (non-hydrogen) atoms. The molecule has 114 valence electrons. The summed E-state index contributed by atoms with van der Waals surface area (Å²) < 4.78 is 32.3. The number of rotatable bonds is 4. The number of fused-ring (bicyclic) bond motifs is 1. The van der Waals surface area contributed by atoms with Crippen LogP contribution in [0.4, 0.5) is 0 Å². The molecule has 1 aliphatic carbocycles. The van der Waals surface area contributed by atoms with E-state index in [1.165, 1.54) is 0 Å². The normalized spacial score (nSPS) is 33.4. The van der Waals surface area contributed by atoms with Gasteiger partial charge in [0.15, 0.2) is 0 Å². The quantitative estimate of drug-likeness (QED) is 0.722. The Kier molecular flexibility index (Phi) is 4.17. The standard InChI is InChI=1S/C14H24N2O3S/c1-2-7-15-10-11-19-14-6-9-16(8-5-13(14)15)20(17,18)12-3-4-12/h2,12-14H,1,3-11H2. The molecule has 3 fully saturated rings. The molecule has 6 heteroatoms. The van der Waals surface area contributed by atoms with Crippen LogP contribution in [0.25, 0.3) is 0 Å². The van der Waals surface area contributed by atoms with Gasteiger partial charge in [0.05, 0.1) is 18.0 Å². The van der Waals surface area contributed by atoms with E-state index in [2.05, 4.69) is 11.5 Å². The average molecular weight is 300 g/mol. The van der Waals surface area contributed by atoms with E-state index >= 15 is 0 Å². The highest BCUT2D eigenvalue weighted by Gasteiger charge is 2.42. The van der Waals surface area contributed by atoms with Crippen molar-refractivity contribution in [2.45, 2.75) is 43.1 Å². The van der Waals surface area contributed by atoms with Gasteiger partial charge in [-0.1, -0.05) is 6.08 Å². The van der Waals surface area contributed by atoms with Gasteiger partial charge in [0.25, 0.3) is 0 Å². The molecule has 2 atom stereocenters. The second kappa shape index (κ2) is 5.75. The second-order valence-corrected chi connectivity index (χ2v) is 8.19. The average Bonchev–Trinajstić information content (AvgIpc) is 3.26. The molecule has 0 aromatic rings. The summed E-state index contributed by atoms with van der Waals surface area (Å²) in [6.07, 6.45) is 5.44. The summed E-state index contributed by atoms with van der Waals surface area (Å²) in [5, 5.41) is -0.104. The molecule has 0 amide bonds. The third kappa shape index (κ3) is 2.79. The van der Waals surface area contributed by atoms with Crippen LogP contribution in [0.5, 0.6) is 0 Å². The van der Waals surface area contributed by atoms with Gasteiger partial charge >= 0.3 is 0 Å². The zero-order valence-corrected chi connectivity index (χ0v) is 12.7. The monoisotopic (exact) mass is 300 g/mol. The van der Waals surface area contributed by atoms with Crippen LogP contribution in [-0.4, -0.2) is 67.8 Å². The molecule has 2 saturated heterocycles. The van der Waals surface area contributed by atoms with Crippen molar-refractivity contribution >= 4 is 10.0 Å². The number of morpholine rings is 1. The maximum Gasteiger partial charge on any atom is 0.216 e. The molecule has 0 aromatic carbocycles. The largest absolute Gasteiger partial charge is 0.375 e. The minimum Gasteiger partial charge on any atom is -0.375 e. The summed E-state index contributed by atoms with van der Waals surface area (Å²) in [6.45, 7) is 7.58. The predicted molar refractivity (Wildman–Crippen MR) is 78.0 cm³/mol. The minimum atomic E-state index is -3.05. The fraction of sp³-hybridized carbons (Fsp3) is 0.857. The fourth-order valence-electron chi connectivity index (χ4n) is 3.36. The zero-order valence-electron chi connectivity index (χ0n) is 11.9. The van der Waals surface area contributed by atoms with Gasteiger partial charge in [0.1, 0.15) is 0 Å². The van der Waals surface area contributed by atoms with Crippen molar-refractivity contribution in [2.24, 2.45) is 0 Å². The molecule has 3 aliphatic rings. The van der Waals surface area contributed by atoms with Gasteiger partial charge < -0.3 is 4.74 Å². The molecule has 0 spiro atoms. The van der Waals surface area contributed by atoms with Gasteiger partial charge in [0, 0.05) is 32.2 Å². The van der Waals surface area contributed by atoms with Gasteiger partial charge in [-0.25, -0.2) is 12.7 Å². The van der Waals surface area contributed by atoms with E-state index in [1.54, 1.807) is 4.31 Å². The first-order valence-electron chi connectivity index (χ1n) is 7.58. The molecule has 0 bridgehead atoms. The van der Waals surface area contributed by atoms with Gasteiger partial charge in [0.2, 0.25) is 10.0 Å². The lowest BCUT2D eigenvalue weighted by atomic mass is 10.0. The van der Waals surface area contributed by atoms with E-state index in [1.807, 2.05) is 6.08 Å². The summed E-state index contributed by atoms with van der Waals surface area (Å²) in [4.78, 5) is 2.38. The Balaban J connectivity index is 1.70. The number of hydrogen-bond donors (Lipinski definition) is 0. The molecule has 1 saturated carbocycles. The van der Waals surface area contributed by atoms with Crippen molar-refractivity contribution in [2.75, 3.05) is 32.8 Å². The van der Waals surface area contributed by atoms with Crippen LogP contribution in [0.1, 0.15) is 25.7 Å². The molecule has 2 heterocycles. The van der Waals surface area contributed by atoms with Crippen molar-refractivity contribution in [3.05, 3.63) is 12.7 Å². The molecule has 2 unspecified atom stereocenters. The Morgan fingerprint density at radius 1 is 1.15 bits per heavy atom. The summed E-state index contributed by atoms with van der Waals surface area (Å²) in [5.74, 6) is 0. The number of hydrogen-bond acceptors (Lipinski definition) is 4. The molecule has 0 aromatic heterocycles. The first kappa shape index (κ1) is 14.5. The lowest BCUT2D eigenvalue weighted by Crippen LogP contribution is -2.51.